The summed E-state index contributed by atoms with van der Waals surface area (Å²) in [5, 5.41) is 19.1. The van der Waals surface area contributed by atoms with Crippen LogP contribution < -0.4 is 4.90 Å². The number of anilines is 1. The highest BCUT2D eigenvalue weighted by atomic mass is 32.1. The molecule has 0 saturated heterocycles. The first-order valence-corrected chi connectivity index (χ1v) is 5.13. The van der Waals surface area contributed by atoms with E-state index in [1.54, 1.807) is 7.11 Å². The third-order valence-electron chi connectivity index (χ3n) is 1.69. The third kappa shape index (κ3) is 3.21. The molecule has 1 heterocycles. The Morgan fingerprint density at radius 1 is 1.57 bits per heavy atom. The molecular weight excluding hydrogens is 202 g/mol. The number of aliphatic hydroxyl groups excluding tert-OH is 1. The van der Waals surface area contributed by atoms with Gasteiger partial charge in [0.2, 0.25) is 5.13 Å². The first-order valence-electron chi connectivity index (χ1n) is 4.31. The van der Waals surface area contributed by atoms with Crippen molar-refractivity contribution in [2.45, 2.75) is 13.0 Å². The van der Waals surface area contributed by atoms with Crippen molar-refractivity contribution in [1.29, 1.82) is 0 Å². The molecule has 0 saturated carbocycles. The van der Waals surface area contributed by atoms with Gasteiger partial charge in [0, 0.05) is 20.7 Å². The van der Waals surface area contributed by atoms with Gasteiger partial charge in [-0.1, -0.05) is 11.3 Å². The lowest BCUT2D eigenvalue weighted by Crippen LogP contribution is -2.31. The molecule has 1 N–H and O–H groups in total. The Morgan fingerprint density at radius 3 is 2.79 bits per heavy atom. The summed E-state index contributed by atoms with van der Waals surface area (Å²) < 4.78 is 4.84. The van der Waals surface area contributed by atoms with Gasteiger partial charge >= 0.3 is 0 Å². The van der Waals surface area contributed by atoms with Gasteiger partial charge in [-0.3, -0.25) is 0 Å². The second kappa shape index (κ2) is 5.23. The zero-order chi connectivity index (χ0) is 10.6. The maximum Gasteiger partial charge on any atom is 0.208 e. The summed E-state index contributed by atoms with van der Waals surface area (Å²) in [5.74, 6) is 0. The summed E-state index contributed by atoms with van der Waals surface area (Å²) in [5.41, 5.74) is 0. The highest BCUT2D eigenvalue weighted by molar-refractivity contribution is 7.15. The molecule has 1 aromatic heterocycles. The van der Waals surface area contributed by atoms with Gasteiger partial charge in [0.25, 0.3) is 0 Å². The Bertz CT molecular complexity index is 279. The minimum absolute atomic E-state index is 0.335. The first kappa shape index (κ1) is 11.4. The number of aromatic nitrogens is 2. The molecule has 0 amide bonds. The first-order chi connectivity index (χ1) is 6.63. The van der Waals surface area contributed by atoms with Gasteiger partial charge < -0.3 is 14.7 Å². The monoisotopic (exact) mass is 217 g/mol. The normalized spacial score (nSPS) is 12.9. The average Bonchev–Trinajstić information content (AvgIpc) is 2.52. The Hall–Kier alpha value is -0.720. The fraction of sp³-hybridized carbons (Fsp3) is 0.750. The van der Waals surface area contributed by atoms with Crippen LogP contribution in [0, 0.1) is 6.92 Å². The van der Waals surface area contributed by atoms with Gasteiger partial charge in [-0.25, -0.2) is 0 Å². The smallest absolute Gasteiger partial charge is 0.208 e. The number of aryl methyl sites for hydroxylation is 1. The number of likely N-dealkylation sites (N-methyl/N-ethyl adjacent to an activating group) is 1. The van der Waals surface area contributed by atoms with Crippen LogP contribution in [0.2, 0.25) is 0 Å². The largest absolute Gasteiger partial charge is 0.389 e. The van der Waals surface area contributed by atoms with Crippen molar-refractivity contribution in [1.82, 2.24) is 10.2 Å². The van der Waals surface area contributed by atoms with E-state index in [9.17, 15) is 5.11 Å². The van der Waals surface area contributed by atoms with Gasteiger partial charge in [0.05, 0.1) is 12.7 Å². The number of hydrogen-bond acceptors (Lipinski definition) is 6. The van der Waals surface area contributed by atoms with E-state index in [2.05, 4.69) is 10.2 Å². The fourth-order valence-corrected chi connectivity index (χ4v) is 1.74. The van der Waals surface area contributed by atoms with Crippen LogP contribution in [0.3, 0.4) is 0 Å². The molecule has 0 radical (unpaired) electrons. The van der Waals surface area contributed by atoms with Crippen LogP contribution in [-0.4, -0.2) is 48.7 Å². The number of ether oxygens (including phenoxy) is 1. The minimum Gasteiger partial charge on any atom is -0.389 e. The van der Waals surface area contributed by atoms with Crippen LogP contribution >= 0.6 is 11.3 Å². The Kier molecular flexibility index (Phi) is 4.24. The molecule has 1 unspecified atom stereocenters. The van der Waals surface area contributed by atoms with Crippen molar-refractivity contribution in [3.63, 3.8) is 0 Å². The number of aliphatic hydroxyl groups is 1. The topological polar surface area (TPSA) is 58.5 Å². The minimum atomic E-state index is -0.491. The van der Waals surface area contributed by atoms with Crippen LogP contribution in [0.4, 0.5) is 5.13 Å². The molecule has 14 heavy (non-hydrogen) atoms. The van der Waals surface area contributed by atoms with Crippen LogP contribution in [0.15, 0.2) is 0 Å². The SMILES string of the molecule is COCC(O)CN(C)c1nnc(C)s1. The predicted molar refractivity (Wildman–Crippen MR) is 55.8 cm³/mol. The van der Waals surface area contributed by atoms with Gasteiger partial charge in [-0.2, -0.15) is 0 Å². The van der Waals surface area contributed by atoms with Crippen molar-refractivity contribution >= 4 is 16.5 Å². The van der Waals surface area contributed by atoms with Crippen molar-refractivity contribution in [2.24, 2.45) is 0 Å². The molecule has 0 aliphatic rings. The van der Waals surface area contributed by atoms with Crippen molar-refractivity contribution in [2.75, 3.05) is 32.2 Å². The summed E-state index contributed by atoms with van der Waals surface area (Å²) in [6.07, 6.45) is -0.491. The zero-order valence-corrected chi connectivity index (χ0v) is 9.41. The molecule has 5 nitrogen and oxygen atoms in total. The van der Waals surface area contributed by atoms with E-state index in [4.69, 9.17) is 4.74 Å². The average molecular weight is 217 g/mol. The molecule has 80 valence electrons. The molecule has 0 aromatic carbocycles. The lowest BCUT2D eigenvalue weighted by Gasteiger charge is -2.18. The van der Waals surface area contributed by atoms with E-state index >= 15 is 0 Å². The van der Waals surface area contributed by atoms with Gasteiger partial charge in [-0.05, 0) is 6.92 Å². The maximum absolute atomic E-state index is 9.48. The Labute approximate surface area is 87.3 Å². The summed E-state index contributed by atoms with van der Waals surface area (Å²) >= 11 is 1.51. The van der Waals surface area contributed by atoms with Gasteiger partial charge in [0.1, 0.15) is 5.01 Å². The maximum atomic E-state index is 9.48. The molecule has 0 spiro atoms. The molecule has 0 bridgehead atoms. The fourth-order valence-electron chi connectivity index (χ4n) is 1.08. The van der Waals surface area contributed by atoms with E-state index in [0.29, 0.717) is 13.2 Å². The summed E-state index contributed by atoms with van der Waals surface area (Å²) in [7, 11) is 3.44. The van der Waals surface area contributed by atoms with E-state index in [0.717, 1.165) is 10.1 Å². The van der Waals surface area contributed by atoms with E-state index in [-0.39, 0.29) is 0 Å². The lowest BCUT2D eigenvalue weighted by atomic mass is 10.3. The van der Waals surface area contributed by atoms with Gasteiger partial charge in [0.15, 0.2) is 0 Å². The van der Waals surface area contributed by atoms with Gasteiger partial charge in [-0.15, -0.1) is 10.2 Å². The van der Waals surface area contributed by atoms with Crippen molar-refractivity contribution in [3.05, 3.63) is 5.01 Å². The zero-order valence-electron chi connectivity index (χ0n) is 8.60. The van der Waals surface area contributed by atoms with E-state index in [1.807, 2.05) is 18.9 Å². The summed E-state index contributed by atoms with van der Waals surface area (Å²) in [4.78, 5) is 1.87. The second-order valence-corrected chi connectivity index (χ2v) is 4.25. The predicted octanol–water partition coefficient (Wildman–Crippen LogP) is 0.290. The molecule has 6 heteroatoms. The highest BCUT2D eigenvalue weighted by Gasteiger charge is 2.11. The number of methoxy groups -OCH3 is 1. The third-order valence-corrected chi connectivity index (χ3v) is 2.64. The number of hydrogen-bond donors (Lipinski definition) is 1. The molecule has 0 aliphatic heterocycles. The highest BCUT2D eigenvalue weighted by Crippen LogP contribution is 2.17. The Morgan fingerprint density at radius 2 is 2.29 bits per heavy atom. The molecule has 0 fully saturated rings. The van der Waals surface area contributed by atoms with Crippen molar-refractivity contribution in [3.8, 4) is 0 Å². The number of nitrogens with zero attached hydrogens (tertiary/aromatic N) is 3. The van der Waals surface area contributed by atoms with Crippen LogP contribution in [0.5, 0.6) is 0 Å². The van der Waals surface area contributed by atoms with Crippen molar-refractivity contribution < 1.29 is 9.84 Å². The van der Waals surface area contributed by atoms with Crippen LogP contribution in [-0.2, 0) is 4.74 Å². The molecule has 0 aliphatic carbocycles. The summed E-state index contributed by atoms with van der Waals surface area (Å²) in [6, 6.07) is 0. The van der Waals surface area contributed by atoms with Crippen LogP contribution in [0.1, 0.15) is 5.01 Å². The Balaban J connectivity index is 2.45. The molecular formula is C8H15N3O2S. The molecule has 1 atom stereocenters. The molecule has 1 aromatic rings. The van der Waals surface area contributed by atoms with E-state index < -0.39 is 6.10 Å². The standard InChI is InChI=1S/C8H15N3O2S/c1-6-9-10-8(14-6)11(2)4-7(12)5-13-3/h7,12H,4-5H2,1-3H3. The molecule has 1 rings (SSSR count). The second-order valence-electron chi connectivity index (χ2n) is 3.09. The quantitative estimate of drug-likeness (QED) is 0.768. The van der Waals surface area contributed by atoms with Crippen LogP contribution in [0.25, 0.3) is 0 Å². The summed E-state index contributed by atoms with van der Waals surface area (Å²) in [6.45, 7) is 2.74. The number of rotatable bonds is 5. The lowest BCUT2D eigenvalue weighted by molar-refractivity contribution is 0.0695. The van der Waals surface area contributed by atoms with E-state index in [1.165, 1.54) is 11.3 Å².